The number of carbonyl (C=O) groups is 1. The molecule has 0 radical (unpaired) electrons. The van der Waals surface area contributed by atoms with Crippen LogP contribution in [0, 0.1) is 6.92 Å². The van der Waals surface area contributed by atoms with Crippen LogP contribution in [0.4, 0.5) is 0 Å². The summed E-state index contributed by atoms with van der Waals surface area (Å²) >= 11 is 0. The van der Waals surface area contributed by atoms with Crippen LogP contribution in [0.1, 0.15) is 34.3 Å². The molecule has 0 spiro atoms. The third-order valence-corrected chi connectivity index (χ3v) is 4.19. The number of fused-ring (bicyclic) bond motifs is 2. The third kappa shape index (κ3) is 2.75. The molecule has 0 fully saturated rings. The molecule has 0 unspecified atom stereocenters. The second-order valence-electron chi connectivity index (χ2n) is 5.80. The zero-order valence-electron chi connectivity index (χ0n) is 13.9. The number of hydrogen-bond acceptors (Lipinski definition) is 6. The average Bonchev–Trinajstić information content (AvgIpc) is 3.07. The number of methoxy groups -OCH3 is 1. The average molecular weight is 339 g/mol. The fourth-order valence-electron chi connectivity index (χ4n) is 2.87. The Morgan fingerprint density at radius 2 is 2.28 bits per heavy atom. The lowest BCUT2D eigenvalue weighted by Crippen LogP contribution is -2.32. The highest BCUT2D eigenvalue weighted by Crippen LogP contribution is 2.34. The fourth-order valence-corrected chi connectivity index (χ4v) is 2.87. The van der Waals surface area contributed by atoms with Gasteiger partial charge in [-0.2, -0.15) is 4.98 Å². The van der Waals surface area contributed by atoms with Gasteiger partial charge in [-0.1, -0.05) is 0 Å². The van der Waals surface area contributed by atoms with Crippen molar-refractivity contribution in [3.05, 3.63) is 47.5 Å². The van der Waals surface area contributed by atoms with Gasteiger partial charge in [-0.25, -0.2) is 9.50 Å². The standard InChI is InChI=1S/C17H17N5O3/c1-10-5-7-18-17-20-15(21-22(10)17)16(23)19-13-6-8-25-14-4-3-11(24-2)9-12(13)14/h3-5,7,9,13H,6,8H2,1-2H3,(H,19,23)/t13-/m0/s1. The summed E-state index contributed by atoms with van der Waals surface area (Å²) in [6.07, 6.45) is 2.30. The first kappa shape index (κ1) is 15.4. The number of rotatable bonds is 3. The van der Waals surface area contributed by atoms with Crippen LogP contribution in [-0.2, 0) is 0 Å². The Labute approximate surface area is 143 Å². The van der Waals surface area contributed by atoms with E-state index < -0.39 is 0 Å². The summed E-state index contributed by atoms with van der Waals surface area (Å²) in [5.74, 6) is 1.62. The summed E-state index contributed by atoms with van der Waals surface area (Å²) in [6, 6.07) is 7.18. The first-order chi connectivity index (χ1) is 12.2. The SMILES string of the molecule is COc1ccc2c(c1)[C@@H](NC(=O)c1nc3nccc(C)n3n1)CCO2. The quantitative estimate of drug-likeness (QED) is 0.781. The van der Waals surface area contributed by atoms with E-state index in [0.29, 0.717) is 24.6 Å². The molecule has 1 amide bonds. The number of hydrogen-bond donors (Lipinski definition) is 1. The molecular weight excluding hydrogens is 322 g/mol. The van der Waals surface area contributed by atoms with Gasteiger partial charge < -0.3 is 14.8 Å². The molecule has 1 aliphatic rings. The normalized spacial score (nSPS) is 16.2. The predicted octanol–water partition coefficient (Wildman–Crippen LogP) is 1.69. The molecule has 0 bridgehead atoms. The van der Waals surface area contributed by atoms with E-state index in [1.807, 2.05) is 31.2 Å². The Hall–Kier alpha value is -3.16. The third-order valence-electron chi connectivity index (χ3n) is 4.19. The van der Waals surface area contributed by atoms with Gasteiger partial charge in [0.05, 0.1) is 19.8 Å². The number of nitrogens with one attached hydrogen (secondary N) is 1. The van der Waals surface area contributed by atoms with E-state index in [2.05, 4.69) is 20.4 Å². The highest BCUT2D eigenvalue weighted by Gasteiger charge is 2.25. The molecule has 3 heterocycles. The molecule has 1 aromatic carbocycles. The van der Waals surface area contributed by atoms with Crippen LogP contribution in [0.15, 0.2) is 30.5 Å². The minimum absolute atomic E-state index is 0.0951. The van der Waals surface area contributed by atoms with Gasteiger partial charge in [-0.3, -0.25) is 4.79 Å². The lowest BCUT2D eigenvalue weighted by molar-refractivity contribution is 0.0914. The maximum atomic E-state index is 12.6. The van der Waals surface area contributed by atoms with Crippen molar-refractivity contribution >= 4 is 11.7 Å². The van der Waals surface area contributed by atoms with E-state index >= 15 is 0 Å². The van der Waals surface area contributed by atoms with Gasteiger partial charge >= 0.3 is 0 Å². The largest absolute Gasteiger partial charge is 0.497 e. The van der Waals surface area contributed by atoms with Crippen molar-refractivity contribution in [2.45, 2.75) is 19.4 Å². The molecule has 2 aromatic heterocycles. The van der Waals surface area contributed by atoms with E-state index in [1.54, 1.807) is 17.8 Å². The molecule has 8 nitrogen and oxygen atoms in total. The van der Waals surface area contributed by atoms with E-state index in [0.717, 1.165) is 17.0 Å². The topological polar surface area (TPSA) is 90.6 Å². The maximum absolute atomic E-state index is 12.6. The molecular formula is C17H17N5O3. The molecule has 25 heavy (non-hydrogen) atoms. The highest BCUT2D eigenvalue weighted by atomic mass is 16.5. The number of carbonyl (C=O) groups excluding carboxylic acids is 1. The number of amides is 1. The summed E-state index contributed by atoms with van der Waals surface area (Å²) in [6.45, 7) is 2.41. The van der Waals surface area contributed by atoms with Crippen LogP contribution in [-0.4, -0.2) is 39.2 Å². The van der Waals surface area contributed by atoms with Gasteiger partial charge in [0.2, 0.25) is 5.82 Å². The lowest BCUT2D eigenvalue weighted by Gasteiger charge is -2.26. The van der Waals surface area contributed by atoms with Crippen molar-refractivity contribution in [2.24, 2.45) is 0 Å². The summed E-state index contributed by atoms with van der Waals surface area (Å²) in [5, 5.41) is 7.22. The number of aryl methyl sites for hydroxylation is 1. The number of ether oxygens (including phenoxy) is 2. The van der Waals surface area contributed by atoms with Gasteiger partial charge in [-0.15, -0.1) is 5.10 Å². The number of nitrogens with zero attached hydrogens (tertiary/aromatic N) is 4. The number of aromatic nitrogens is 4. The second kappa shape index (κ2) is 6.04. The van der Waals surface area contributed by atoms with Crippen LogP contribution < -0.4 is 14.8 Å². The Bertz CT molecular complexity index is 953. The number of benzene rings is 1. The van der Waals surface area contributed by atoms with E-state index in [9.17, 15) is 4.79 Å². The smallest absolute Gasteiger partial charge is 0.291 e. The van der Waals surface area contributed by atoms with Gasteiger partial charge in [-0.05, 0) is 31.2 Å². The van der Waals surface area contributed by atoms with Crippen molar-refractivity contribution in [2.75, 3.05) is 13.7 Å². The molecule has 0 aliphatic carbocycles. The van der Waals surface area contributed by atoms with Crippen LogP contribution >= 0.6 is 0 Å². The molecule has 8 heteroatoms. The van der Waals surface area contributed by atoms with Gasteiger partial charge in [0.25, 0.3) is 11.7 Å². The van der Waals surface area contributed by atoms with Crippen molar-refractivity contribution in [1.82, 2.24) is 24.9 Å². The Morgan fingerprint density at radius 3 is 3.08 bits per heavy atom. The summed E-state index contributed by atoms with van der Waals surface area (Å²) in [5.41, 5.74) is 1.75. The summed E-state index contributed by atoms with van der Waals surface area (Å²) in [7, 11) is 1.61. The molecule has 0 saturated carbocycles. The lowest BCUT2D eigenvalue weighted by atomic mass is 10.00. The zero-order valence-corrected chi connectivity index (χ0v) is 13.9. The van der Waals surface area contributed by atoms with Gasteiger partial charge in [0, 0.05) is 23.9 Å². The van der Waals surface area contributed by atoms with E-state index in [4.69, 9.17) is 9.47 Å². The minimum Gasteiger partial charge on any atom is -0.497 e. The Morgan fingerprint density at radius 1 is 1.40 bits per heavy atom. The second-order valence-corrected chi connectivity index (χ2v) is 5.80. The Kier molecular flexibility index (Phi) is 3.72. The molecule has 1 aliphatic heterocycles. The van der Waals surface area contributed by atoms with Crippen LogP contribution in [0.25, 0.3) is 5.78 Å². The van der Waals surface area contributed by atoms with Crippen molar-refractivity contribution in [1.29, 1.82) is 0 Å². The zero-order chi connectivity index (χ0) is 17.4. The molecule has 1 N–H and O–H groups in total. The van der Waals surface area contributed by atoms with Crippen molar-refractivity contribution in [3.8, 4) is 11.5 Å². The predicted molar refractivity (Wildman–Crippen MR) is 88.8 cm³/mol. The molecule has 0 saturated heterocycles. The van der Waals surface area contributed by atoms with E-state index in [1.165, 1.54) is 0 Å². The summed E-state index contributed by atoms with van der Waals surface area (Å²) in [4.78, 5) is 20.9. The van der Waals surface area contributed by atoms with Crippen LogP contribution in [0.3, 0.4) is 0 Å². The molecule has 4 rings (SSSR count). The van der Waals surface area contributed by atoms with Gasteiger partial charge in [0.1, 0.15) is 11.5 Å². The minimum atomic E-state index is -0.342. The maximum Gasteiger partial charge on any atom is 0.291 e. The first-order valence-corrected chi connectivity index (χ1v) is 7.95. The molecule has 1 atom stereocenters. The van der Waals surface area contributed by atoms with Crippen molar-refractivity contribution in [3.63, 3.8) is 0 Å². The summed E-state index contributed by atoms with van der Waals surface area (Å²) < 4.78 is 12.5. The first-order valence-electron chi connectivity index (χ1n) is 7.95. The Balaban J connectivity index is 1.62. The van der Waals surface area contributed by atoms with Crippen molar-refractivity contribution < 1.29 is 14.3 Å². The fraction of sp³-hybridized carbons (Fsp3) is 0.294. The monoisotopic (exact) mass is 339 g/mol. The van der Waals surface area contributed by atoms with E-state index in [-0.39, 0.29) is 17.8 Å². The molecule has 128 valence electrons. The highest BCUT2D eigenvalue weighted by molar-refractivity contribution is 5.91. The van der Waals surface area contributed by atoms with Crippen LogP contribution in [0.5, 0.6) is 11.5 Å². The molecule has 3 aromatic rings. The van der Waals surface area contributed by atoms with Crippen LogP contribution in [0.2, 0.25) is 0 Å². The van der Waals surface area contributed by atoms with Gasteiger partial charge in [0.15, 0.2) is 0 Å².